The summed E-state index contributed by atoms with van der Waals surface area (Å²) in [4.78, 5) is 16.1. The number of nitrogens with two attached hydrogens (primary N) is 2. The Morgan fingerprint density at radius 1 is 1.44 bits per heavy atom. The number of rotatable bonds is 3. The first kappa shape index (κ1) is 12.1. The molecule has 0 aliphatic rings. The lowest BCUT2D eigenvalue weighted by atomic mass is 10.1. The molecule has 1 aromatic carbocycles. The number of hydrogen-bond acceptors (Lipinski definition) is 4. The van der Waals surface area contributed by atoms with E-state index in [4.69, 9.17) is 16.3 Å². The van der Waals surface area contributed by atoms with Crippen LogP contribution in [0.4, 0.5) is 11.4 Å². The van der Waals surface area contributed by atoms with Crippen molar-refractivity contribution >= 4 is 23.4 Å². The largest absolute Gasteiger partial charge is 0.399 e. The van der Waals surface area contributed by atoms with Gasteiger partial charge in [0.25, 0.3) is 5.91 Å². The Balaban J connectivity index is 2.84. The van der Waals surface area contributed by atoms with Crippen LogP contribution in [0, 0.1) is 0 Å². The number of hydrogen-bond donors (Lipinski definition) is 2. The van der Waals surface area contributed by atoms with Gasteiger partial charge in [0.05, 0.1) is 7.11 Å². The minimum atomic E-state index is -0.274. The van der Waals surface area contributed by atoms with Crippen LogP contribution in [-0.4, -0.2) is 25.1 Å². The van der Waals surface area contributed by atoms with Crippen molar-refractivity contribution in [1.82, 2.24) is 5.06 Å². The van der Waals surface area contributed by atoms with Crippen LogP contribution in [-0.2, 0) is 9.63 Å². The zero-order valence-corrected chi connectivity index (χ0v) is 9.31. The summed E-state index contributed by atoms with van der Waals surface area (Å²) in [6, 6.07) is 5.10. The summed E-state index contributed by atoms with van der Waals surface area (Å²) in [6.07, 6.45) is 2.97. The highest BCUT2D eigenvalue weighted by atomic mass is 16.7. The second kappa shape index (κ2) is 5.18. The number of benzene rings is 1. The van der Waals surface area contributed by atoms with Gasteiger partial charge in [-0.1, -0.05) is 0 Å². The highest BCUT2D eigenvalue weighted by Gasteiger charge is 2.03. The molecule has 86 valence electrons. The predicted octanol–water partition coefficient (Wildman–Crippen LogP) is 0.884. The van der Waals surface area contributed by atoms with E-state index in [2.05, 4.69) is 0 Å². The molecule has 0 atom stereocenters. The summed E-state index contributed by atoms with van der Waals surface area (Å²) in [5, 5.41) is 1.11. The number of nitrogen functional groups attached to an aromatic ring is 2. The van der Waals surface area contributed by atoms with E-state index in [1.54, 1.807) is 24.3 Å². The smallest absolute Gasteiger partial charge is 0.269 e. The molecule has 0 spiro atoms. The topological polar surface area (TPSA) is 81.6 Å². The van der Waals surface area contributed by atoms with Gasteiger partial charge in [-0.15, -0.1) is 0 Å². The third-order valence-corrected chi connectivity index (χ3v) is 2.10. The van der Waals surface area contributed by atoms with E-state index in [1.165, 1.54) is 20.2 Å². The summed E-state index contributed by atoms with van der Waals surface area (Å²) in [5.74, 6) is -0.274. The maximum atomic E-state index is 11.4. The molecule has 1 aromatic rings. The first-order valence-electron chi connectivity index (χ1n) is 4.69. The molecule has 4 N–H and O–H groups in total. The number of carbonyl (C=O) groups excluding carboxylic acids is 1. The molecule has 0 radical (unpaired) electrons. The number of anilines is 2. The fourth-order valence-corrected chi connectivity index (χ4v) is 1.09. The molecular weight excluding hydrogens is 206 g/mol. The average molecular weight is 221 g/mol. The van der Waals surface area contributed by atoms with Crippen molar-refractivity contribution in [1.29, 1.82) is 0 Å². The lowest BCUT2D eigenvalue weighted by Gasteiger charge is -2.10. The van der Waals surface area contributed by atoms with Crippen LogP contribution in [0.15, 0.2) is 24.3 Å². The van der Waals surface area contributed by atoms with Crippen molar-refractivity contribution < 1.29 is 9.63 Å². The van der Waals surface area contributed by atoms with E-state index in [0.717, 1.165) is 5.06 Å². The normalized spacial score (nSPS) is 10.6. The molecule has 16 heavy (non-hydrogen) atoms. The quantitative estimate of drug-likeness (QED) is 0.451. The number of amides is 1. The Bertz CT molecular complexity index is 416. The van der Waals surface area contributed by atoms with Crippen LogP contribution in [0.5, 0.6) is 0 Å². The Kier molecular flexibility index (Phi) is 3.90. The van der Waals surface area contributed by atoms with E-state index in [1.807, 2.05) is 0 Å². The number of nitrogens with zero attached hydrogens (tertiary/aromatic N) is 1. The predicted molar refractivity (Wildman–Crippen MR) is 64.1 cm³/mol. The maximum absolute atomic E-state index is 11.4. The number of hydroxylamine groups is 2. The van der Waals surface area contributed by atoms with E-state index in [9.17, 15) is 4.79 Å². The van der Waals surface area contributed by atoms with Gasteiger partial charge in [0.2, 0.25) is 0 Å². The lowest BCUT2D eigenvalue weighted by molar-refractivity contribution is -0.162. The Morgan fingerprint density at radius 2 is 2.12 bits per heavy atom. The van der Waals surface area contributed by atoms with Crippen LogP contribution in [0.1, 0.15) is 5.56 Å². The maximum Gasteiger partial charge on any atom is 0.269 e. The van der Waals surface area contributed by atoms with Gasteiger partial charge in [-0.2, -0.15) is 0 Å². The molecule has 0 unspecified atom stereocenters. The number of carbonyl (C=O) groups is 1. The third-order valence-electron chi connectivity index (χ3n) is 2.10. The average Bonchev–Trinajstić information content (AvgIpc) is 2.28. The molecule has 5 heteroatoms. The molecule has 5 nitrogen and oxygen atoms in total. The van der Waals surface area contributed by atoms with Crippen molar-refractivity contribution in [3.63, 3.8) is 0 Å². The van der Waals surface area contributed by atoms with Crippen molar-refractivity contribution in [2.45, 2.75) is 0 Å². The summed E-state index contributed by atoms with van der Waals surface area (Å²) >= 11 is 0. The van der Waals surface area contributed by atoms with E-state index in [-0.39, 0.29) is 5.91 Å². The zero-order chi connectivity index (χ0) is 12.1. The van der Waals surface area contributed by atoms with Gasteiger partial charge in [-0.3, -0.25) is 9.63 Å². The van der Waals surface area contributed by atoms with Crippen molar-refractivity contribution in [3.8, 4) is 0 Å². The standard InChI is InChI=1S/C11H15N3O2/c1-14(16-2)11(15)6-3-8-7-9(12)4-5-10(8)13/h3-7H,12-13H2,1-2H3. The highest BCUT2D eigenvalue weighted by Crippen LogP contribution is 2.16. The number of likely N-dealkylation sites (N-methyl/N-ethyl adjacent to an activating group) is 1. The third kappa shape index (κ3) is 2.99. The molecule has 0 heterocycles. The fraction of sp³-hybridized carbons (Fsp3) is 0.182. The second-order valence-corrected chi connectivity index (χ2v) is 3.24. The van der Waals surface area contributed by atoms with Crippen LogP contribution in [0.2, 0.25) is 0 Å². The van der Waals surface area contributed by atoms with Gasteiger partial charge in [0, 0.05) is 24.5 Å². The Morgan fingerprint density at radius 3 is 2.75 bits per heavy atom. The van der Waals surface area contributed by atoms with Gasteiger partial charge >= 0.3 is 0 Å². The summed E-state index contributed by atoms with van der Waals surface area (Å²) < 4.78 is 0. The Hall–Kier alpha value is -2.01. The summed E-state index contributed by atoms with van der Waals surface area (Å²) in [6.45, 7) is 0. The highest BCUT2D eigenvalue weighted by molar-refractivity contribution is 5.92. The lowest BCUT2D eigenvalue weighted by Crippen LogP contribution is -2.22. The first-order chi connectivity index (χ1) is 7.54. The van der Waals surface area contributed by atoms with Gasteiger partial charge in [-0.25, -0.2) is 5.06 Å². The molecule has 0 aromatic heterocycles. The fourth-order valence-electron chi connectivity index (χ4n) is 1.09. The molecule has 0 aliphatic carbocycles. The first-order valence-corrected chi connectivity index (χ1v) is 4.69. The van der Waals surface area contributed by atoms with Gasteiger partial charge < -0.3 is 11.5 Å². The van der Waals surface area contributed by atoms with Crippen LogP contribution in [0.25, 0.3) is 6.08 Å². The Labute approximate surface area is 94.2 Å². The molecule has 0 fully saturated rings. The van der Waals surface area contributed by atoms with E-state index in [0.29, 0.717) is 16.9 Å². The minimum Gasteiger partial charge on any atom is -0.399 e. The molecular formula is C11H15N3O2. The van der Waals surface area contributed by atoms with E-state index >= 15 is 0 Å². The van der Waals surface area contributed by atoms with Crippen molar-refractivity contribution in [2.24, 2.45) is 0 Å². The van der Waals surface area contributed by atoms with Crippen LogP contribution >= 0.6 is 0 Å². The van der Waals surface area contributed by atoms with E-state index < -0.39 is 0 Å². The van der Waals surface area contributed by atoms with Crippen LogP contribution in [0.3, 0.4) is 0 Å². The zero-order valence-electron chi connectivity index (χ0n) is 9.31. The van der Waals surface area contributed by atoms with Gasteiger partial charge in [-0.05, 0) is 29.8 Å². The van der Waals surface area contributed by atoms with Crippen LogP contribution < -0.4 is 11.5 Å². The van der Waals surface area contributed by atoms with Crippen molar-refractivity contribution in [2.75, 3.05) is 25.6 Å². The van der Waals surface area contributed by atoms with Gasteiger partial charge in [0.1, 0.15) is 0 Å². The summed E-state index contributed by atoms with van der Waals surface area (Å²) in [5.41, 5.74) is 13.2. The molecule has 1 amide bonds. The SMILES string of the molecule is CON(C)C(=O)C=Cc1cc(N)ccc1N. The van der Waals surface area contributed by atoms with Gasteiger partial charge in [0.15, 0.2) is 0 Å². The molecule has 0 aliphatic heterocycles. The monoisotopic (exact) mass is 221 g/mol. The summed E-state index contributed by atoms with van der Waals surface area (Å²) in [7, 11) is 2.94. The molecule has 1 rings (SSSR count). The molecule has 0 bridgehead atoms. The second-order valence-electron chi connectivity index (χ2n) is 3.24. The molecule has 0 saturated carbocycles. The van der Waals surface area contributed by atoms with Crippen molar-refractivity contribution in [3.05, 3.63) is 29.8 Å². The molecule has 0 saturated heterocycles. The minimum absolute atomic E-state index is 0.274.